The number of pyridine rings is 1. The maximum Gasteiger partial charge on any atom is 0.274 e. The number of nitrogens with zero attached hydrogens (tertiary/aromatic N) is 4. The van der Waals surface area contributed by atoms with Crippen LogP contribution < -0.4 is 5.73 Å². The van der Waals surface area contributed by atoms with Crippen LogP contribution >= 0.6 is 0 Å². The summed E-state index contributed by atoms with van der Waals surface area (Å²) in [5, 5.41) is 0. The van der Waals surface area contributed by atoms with Gasteiger partial charge in [-0.15, -0.1) is 0 Å². The van der Waals surface area contributed by atoms with Gasteiger partial charge in [0.05, 0.1) is 24.9 Å². The summed E-state index contributed by atoms with van der Waals surface area (Å²) in [5.74, 6) is -0.509. The fourth-order valence-corrected chi connectivity index (χ4v) is 3.08. The van der Waals surface area contributed by atoms with E-state index >= 15 is 0 Å². The standard InChI is InChI=1S/C18H25N5O3/c1-12-5-4-6-23-14(11-21(3)13(2)16(19)24)15(20-17(12)23)18(25)22-7-9-26-10-8-22/h4-6,13H,7-11H2,1-3H3,(H2,19,24). The highest BCUT2D eigenvalue weighted by Gasteiger charge is 2.27. The monoisotopic (exact) mass is 359 g/mol. The first kappa shape index (κ1) is 18.3. The van der Waals surface area contributed by atoms with Crippen molar-refractivity contribution in [2.45, 2.75) is 26.4 Å². The van der Waals surface area contributed by atoms with Crippen molar-refractivity contribution in [2.75, 3.05) is 33.4 Å². The Morgan fingerprint density at radius 1 is 1.38 bits per heavy atom. The Hall–Kier alpha value is -2.45. The lowest BCUT2D eigenvalue weighted by Crippen LogP contribution is -2.42. The molecule has 1 fully saturated rings. The summed E-state index contributed by atoms with van der Waals surface area (Å²) in [7, 11) is 1.81. The van der Waals surface area contributed by atoms with Crippen molar-refractivity contribution in [3.8, 4) is 0 Å². The number of aromatic nitrogens is 2. The molecule has 0 aliphatic carbocycles. The van der Waals surface area contributed by atoms with Gasteiger partial charge < -0.3 is 19.8 Å². The third kappa shape index (κ3) is 3.42. The molecule has 3 rings (SSSR count). The van der Waals surface area contributed by atoms with E-state index in [1.54, 1.807) is 11.8 Å². The first-order valence-electron chi connectivity index (χ1n) is 8.73. The van der Waals surface area contributed by atoms with Gasteiger partial charge in [-0.25, -0.2) is 4.98 Å². The second-order valence-electron chi connectivity index (χ2n) is 6.69. The van der Waals surface area contributed by atoms with Crippen LogP contribution in [0.15, 0.2) is 18.3 Å². The molecular weight excluding hydrogens is 334 g/mol. The van der Waals surface area contributed by atoms with Gasteiger partial charge in [0, 0.05) is 25.8 Å². The highest BCUT2D eigenvalue weighted by atomic mass is 16.5. The molecule has 0 bridgehead atoms. The van der Waals surface area contributed by atoms with E-state index in [-0.39, 0.29) is 5.91 Å². The molecule has 1 unspecified atom stereocenters. The molecule has 3 heterocycles. The zero-order valence-corrected chi connectivity index (χ0v) is 15.4. The molecular formula is C18H25N5O3. The minimum atomic E-state index is -0.448. The summed E-state index contributed by atoms with van der Waals surface area (Å²) in [6.07, 6.45) is 1.89. The van der Waals surface area contributed by atoms with Crippen LogP contribution in [0, 0.1) is 6.92 Å². The average Bonchev–Trinajstić information content (AvgIpc) is 3.01. The first-order valence-corrected chi connectivity index (χ1v) is 8.73. The highest BCUT2D eigenvalue weighted by molar-refractivity contribution is 5.94. The van der Waals surface area contributed by atoms with Crippen molar-refractivity contribution < 1.29 is 14.3 Å². The molecule has 26 heavy (non-hydrogen) atoms. The van der Waals surface area contributed by atoms with Crippen LogP contribution in [0.5, 0.6) is 0 Å². The van der Waals surface area contributed by atoms with Gasteiger partial charge in [-0.1, -0.05) is 6.07 Å². The van der Waals surface area contributed by atoms with E-state index in [1.807, 2.05) is 41.6 Å². The van der Waals surface area contributed by atoms with Gasteiger partial charge in [-0.05, 0) is 32.5 Å². The summed E-state index contributed by atoms with van der Waals surface area (Å²) in [5.41, 5.74) is 8.34. The molecule has 0 radical (unpaired) electrons. The van der Waals surface area contributed by atoms with E-state index in [2.05, 4.69) is 4.98 Å². The van der Waals surface area contributed by atoms with Crippen molar-refractivity contribution >= 4 is 17.5 Å². The quantitative estimate of drug-likeness (QED) is 0.835. The fraction of sp³-hybridized carbons (Fsp3) is 0.500. The molecule has 0 saturated carbocycles. The number of amides is 2. The van der Waals surface area contributed by atoms with Crippen LogP contribution in [-0.4, -0.2) is 70.4 Å². The largest absolute Gasteiger partial charge is 0.378 e. The van der Waals surface area contributed by atoms with Crippen LogP contribution in [-0.2, 0) is 16.1 Å². The predicted octanol–water partition coefficient (Wildman–Crippen LogP) is 0.421. The Bertz CT molecular complexity index is 826. The van der Waals surface area contributed by atoms with E-state index in [9.17, 15) is 9.59 Å². The number of likely N-dealkylation sites (N-methyl/N-ethyl adjacent to an activating group) is 1. The van der Waals surface area contributed by atoms with Crippen LogP contribution in [0.25, 0.3) is 5.65 Å². The maximum atomic E-state index is 13.1. The van der Waals surface area contributed by atoms with Crippen LogP contribution in [0.4, 0.5) is 0 Å². The smallest absolute Gasteiger partial charge is 0.274 e. The number of primary amides is 1. The molecule has 140 valence electrons. The van der Waals surface area contributed by atoms with Crippen molar-refractivity contribution in [1.82, 2.24) is 19.2 Å². The minimum Gasteiger partial charge on any atom is -0.378 e. The number of carbonyl (C=O) groups excluding carboxylic acids is 2. The lowest BCUT2D eigenvalue weighted by molar-refractivity contribution is -0.122. The Morgan fingerprint density at radius 3 is 2.73 bits per heavy atom. The minimum absolute atomic E-state index is 0.105. The molecule has 0 spiro atoms. The number of rotatable bonds is 5. The van der Waals surface area contributed by atoms with Gasteiger partial charge >= 0.3 is 0 Å². The lowest BCUT2D eigenvalue weighted by atomic mass is 10.2. The van der Waals surface area contributed by atoms with Gasteiger partial charge in [-0.3, -0.25) is 14.5 Å². The Kier molecular flexibility index (Phi) is 5.24. The number of fused-ring (bicyclic) bond motifs is 1. The second kappa shape index (κ2) is 7.43. The van der Waals surface area contributed by atoms with E-state index in [0.717, 1.165) is 16.9 Å². The normalized spacial score (nSPS) is 16.2. The van der Waals surface area contributed by atoms with Crippen molar-refractivity contribution in [2.24, 2.45) is 5.73 Å². The zero-order valence-electron chi connectivity index (χ0n) is 15.4. The summed E-state index contributed by atoms with van der Waals surface area (Å²) < 4.78 is 7.26. The van der Waals surface area contributed by atoms with Gasteiger partial charge in [0.1, 0.15) is 5.65 Å². The third-order valence-electron chi connectivity index (χ3n) is 4.92. The van der Waals surface area contributed by atoms with Crippen LogP contribution in [0.3, 0.4) is 0 Å². The molecule has 0 aromatic carbocycles. The molecule has 1 aliphatic rings. The van der Waals surface area contributed by atoms with Gasteiger partial charge in [0.2, 0.25) is 5.91 Å². The predicted molar refractivity (Wildman–Crippen MR) is 96.8 cm³/mol. The molecule has 2 aromatic rings. The summed E-state index contributed by atoms with van der Waals surface area (Å²) >= 11 is 0. The number of aryl methyl sites for hydroxylation is 1. The Labute approximate surface area is 152 Å². The fourth-order valence-electron chi connectivity index (χ4n) is 3.08. The molecule has 8 nitrogen and oxygen atoms in total. The first-order chi connectivity index (χ1) is 12.4. The summed E-state index contributed by atoms with van der Waals surface area (Å²) in [6.45, 7) is 6.28. The second-order valence-corrected chi connectivity index (χ2v) is 6.69. The van der Waals surface area contributed by atoms with E-state index < -0.39 is 11.9 Å². The summed E-state index contributed by atoms with van der Waals surface area (Å²) in [4.78, 5) is 32.8. The van der Waals surface area contributed by atoms with Crippen molar-refractivity contribution in [3.63, 3.8) is 0 Å². The average molecular weight is 359 g/mol. The molecule has 8 heteroatoms. The molecule has 2 N–H and O–H groups in total. The topological polar surface area (TPSA) is 93.2 Å². The zero-order chi connectivity index (χ0) is 18.8. The number of hydrogen-bond acceptors (Lipinski definition) is 5. The molecule has 1 saturated heterocycles. The number of ether oxygens (including phenoxy) is 1. The SMILES string of the molecule is Cc1cccn2c(CN(C)C(C)C(N)=O)c(C(=O)N3CCOCC3)nc12. The molecule has 1 atom stereocenters. The maximum absolute atomic E-state index is 13.1. The van der Waals surface area contributed by atoms with Gasteiger partial charge in [0.15, 0.2) is 5.69 Å². The van der Waals surface area contributed by atoms with Crippen molar-refractivity contribution in [3.05, 3.63) is 35.3 Å². The van der Waals surface area contributed by atoms with Gasteiger partial charge in [-0.2, -0.15) is 0 Å². The van der Waals surface area contributed by atoms with E-state index in [0.29, 0.717) is 38.5 Å². The van der Waals surface area contributed by atoms with Crippen LogP contribution in [0.1, 0.15) is 28.7 Å². The molecule has 2 aromatic heterocycles. The molecule has 1 aliphatic heterocycles. The third-order valence-corrected chi connectivity index (χ3v) is 4.92. The number of carbonyl (C=O) groups is 2. The van der Waals surface area contributed by atoms with Crippen LogP contribution in [0.2, 0.25) is 0 Å². The Balaban J connectivity index is 2.02. The lowest BCUT2D eigenvalue weighted by Gasteiger charge is -2.27. The molecule has 2 amide bonds. The number of morpholine rings is 1. The number of nitrogens with two attached hydrogens (primary N) is 1. The van der Waals surface area contributed by atoms with Crippen molar-refractivity contribution in [1.29, 1.82) is 0 Å². The summed E-state index contributed by atoms with van der Waals surface area (Å²) in [6, 6.07) is 3.44. The number of imidazole rings is 1. The van der Waals surface area contributed by atoms with E-state index in [1.165, 1.54) is 0 Å². The van der Waals surface area contributed by atoms with E-state index in [4.69, 9.17) is 10.5 Å². The number of hydrogen-bond donors (Lipinski definition) is 1. The highest BCUT2D eigenvalue weighted by Crippen LogP contribution is 2.20. The Morgan fingerprint density at radius 2 is 2.08 bits per heavy atom. The van der Waals surface area contributed by atoms with Gasteiger partial charge in [0.25, 0.3) is 5.91 Å².